The van der Waals surface area contributed by atoms with Gasteiger partial charge in [-0.25, -0.2) is 4.79 Å². The number of hydrogen-bond donors (Lipinski definition) is 3. The van der Waals surface area contributed by atoms with Gasteiger partial charge in [0.2, 0.25) is 0 Å². The molecule has 0 spiro atoms. The number of nitrogens with one attached hydrogen (secondary N) is 2. The minimum Gasteiger partial charge on any atom is -0.480 e. The summed E-state index contributed by atoms with van der Waals surface area (Å²) in [4.78, 5) is 36.7. The topological polar surface area (TPSA) is 95.5 Å². The quantitative estimate of drug-likeness (QED) is 0.565. The van der Waals surface area contributed by atoms with E-state index in [1.54, 1.807) is 54.6 Å². The number of carbonyl (C=O) groups is 3. The van der Waals surface area contributed by atoms with Gasteiger partial charge in [0, 0.05) is 5.56 Å². The van der Waals surface area contributed by atoms with Gasteiger partial charge in [0.05, 0.1) is 0 Å². The van der Waals surface area contributed by atoms with Gasteiger partial charge in [-0.3, -0.25) is 9.59 Å². The maximum Gasteiger partial charge on any atom is 0.326 e. The lowest BCUT2D eigenvalue weighted by molar-refractivity contribution is -0.141. The number of carbonyl (C=O) groups excluding carboxylic acids is 2. The number of hydrogen-bond acceptors (Lipinski definition) is 4. The molecule has 0 radical (unpaired) electrons. The van der Waals surface area contributed by atoms with E-state index in [0.29, 0.717) is 16.9 Å². The van der Waals surface area contributed by atoms with E-state index >= 15 is 0 Å². The van der Waals surface area contributed by atoms with Crippen molar-refractivity contribution in [1.82, 2.24) is 10.6 Å². The number of aliphatic carboxylic acids is 1. The summed E-state index contributed by atoms with van der Waals surface area (Å²) in [6, 6.07) is 16.5. The Balaban J connectivity index is 2.24. The second-order valence-corrected chi connectivity index (χ2v) is 6.92. The van der Waals surface area contributed by atoms with Crippen LogP contribution in [-0.4, -0.2) is 40.9 Å². The Morgan fingerprint density at radius 1 is 1.04 bits per heavy atom. The normalized spacial score (nSPS) is 12.1. The van der Waals surface area contributed by atoms with Gasteiger partial charge in [0.25, 0.3) is 11.8 Å². The lowest BCUT2D eigenvalue weighted by Crippen LogP contribution is -2.44. The molecule has 146 valence electrons. The zero-order chi connectivity index (χ0) is 20.4. The minimum absolute atomic E-state index is 0.0181. The van der Waals surface area contributed by atoms with Crippen LogP contribution in [0.15, 0.2) is 66.4 Å². The number of carboxylic acids is 1. The molecule has 0 fully saturated rings. The molecule has 3 N–H and O–H groups in total. The molecule has 2 rings (SSSR count). The largest absolute Gasteiger partial charge is 0.480 e. The van der Waals surface area contributed by atoms with E-state index < -0.39 is 23.8 Å². The van der Waals surface area contributed by atoms with Gasteiger partial charge in [-0.05, 0) is 42.2 Å². The van der Waals surface area contributed by atoms with Crippen LogP contribution >= 0.6 is 11.8 Å². The van der Waals surface area contributed by atoms with Crippen LogP contribution in [0.5, 0.6) is 0 Å². The Bertz CT molecular complexity index is 838. The second kappa shape index (κ2) is 10.9. The third-order valence-electron chi connectivity index (χ3n) is 3.85. The van der Waals surface area contributed by atoms with Crippen molar-refractivity contribution in [3.05, 3.63) is 77.5 Å². The molecule has 0 bridgehead atoms. The lowest BCUT2D eigenvalue weighted by atomic mass is 10.1. The predicted molar refractivity (Wildman–Crippen MR) is 111 cm³/mol. The molecule has 0 saturated carbocycles. The molecule has 6 nitrogen and oxygen atoms in total. The molecule has 7 heteroatoms. The Morgan fingerprint density at radius 3 is 2.21 bits per heavy atom. The molecular weight excluding hydrogens is 376 g/mol. The summed E-state index contributed by atoms with van der Waals surface area (Å²) >= 11 is 1.49. The molecule has 0 unspecified atom stereocenters. The SMILES string of the molecule is CSCC[C@H](NC(=O)/C(=C/c1ccccc1)NC(=O)c1ccccc1)C(=O)O. The lowest BCUT2D eigenvalue weighted by Gasteiger charge is -2.16. The molecule has 0 aliphatic carbocycles. The summed E-state index contributed by atoms with van der Waals surface area (Å²) in [7, 11) is 0. The fourth-order valence-corrected chi connectivity index (χ4v) is 2.86. The molecule has 2 amide bonds. The van der Waals surface area contributed by atoms with Crippen LogP contribution in [-0.2, 0) is 9.59 Å². The molecule has 0 aromatic heterocycles. The van der Waals surface area contributed by atoms with Gasteiger partial charge in [0.1, 0.15) is 11.7 Å². The van der Waals surface area contributed by atoms with E-state index in [1.807, 2.05) is 12.3 Å². The highest BCUT2D eigenvalue weighted by molar-refractivity contribution is 7.98. The van der Waals surface area contributed by atoms with Crippen LogP contribution in [0, 0.1) is 0 Å². The van der Waals surface area contributed by atoms with E-state index in [4.69, 9.17) is 0 Å². The van der Waals surface area contributed by atoms with E-state index in [9.17, 15) is 19.5 Å². The Labute approximate surface area is 168 Å². The minimum atomic E-state index is -1.11. The van der Waals surface area contributed by atoms with Crippen molar-refractivity contribution in [1.29, 1.82) is 0 Å². The van der Waals surface area contributed by atoms with Crippen molar-refractivity contribution in [2.45, 2.75) is 12.5 Å². The molecule has 2 aromatic rings. The molecule has 2 aromatic carbocycles. The number of carboxylic acid groups (broad SMARTS) is 1. The van der Waals surface area contributed by atoms with Gasteiger partial charge >= 0.3 is 5.97 Å². The summed E-state index contributed by atoms with van der Waals surface area (Å²) in [6.45, 7) is 0. The number of thioether (sulfide) groups is 1. The Morgan fingerprint density at radius 2 is 1.64 bits per heavy atom. The first-order valence-electron chi connectivity index (χ1n) is 8.67. The maximum atomic E-state index is 12.7. The summed E-state index contributed by atoms with van der Waals surface area (Å²) in [5.74, 6) is -1.63. The van der Waals surface area contributed by atoms with E-state index in [0.717, 1.165) is 0 Å². The van der Waals surface area contributed by atoms with Gasteiger partial charge < -0.3 is 15.7 Å². The van der Waals surface area contributed by atoms with Crippen molar-refractivity contribution >= 4 is 35.6 Å². The van der Waals surface area contributed by atoms with Gasteiger partial charge in [-0.1, -0.05) is 48.5 Å². The van der Waals surface area contributed by atoms with Gasteiger partial charge in [0.15, 0.2) is 0 Å². The molecule has 1 atom stereocenters. The first-order chi connectivity index (χ1) is 13.5. The fourth-order valence-electron chi connectivity index (χ4n) is 2.39. The van der Waals surface area contributed by atoms with Gasteiger partial charge in [-0.2, -0.15) is 11.8 Å². The van der Waals surface area contributed by atoms with E-state index in [1.165, 1.54) is 17.8 Å². The second-order valence-electron chi connectivity index (χ2n) is 5.93. The average molecular weight is 398 g/mol. The Hall–Kier alpha value is -3.06. The van der Waals surface area contributed by atoms with Crippen LogP contribution in [0.1, 0.15) is 22.3 Å². The van der Waals surface area contributed by atoms with Crippen molar-refractivity contribution in [2.75, 3.05) is 12.0 Å². The van der Waals surface area contributed by atoms with Crippen LogP contribution in [0.25, 0.3) is 6.08 Å². The van der Waals surface area contributed by atoms with Crippen molar-refractivity contribution in [2.24, 2.45) is 0 Å². The molecule has 0 aliphatic rings. The number of benzene rings is 2. The summed E-state index contributed by atoms with van der Waals surface area (Å²) in [5, 5.41) is 14.4. The summed E-state index contributed by atoms with van der Waals surface area (Å²) < 4.78 is 0. The van der Waals surface area contributed by atoms with Crippen LogP contribution in [0.2, 0.25) is 0 Å². The third kappa shape index (κ3) is 6.59. The average Bonchev–Trinajstić information content (AvgIpc) is 2.71. The monoisotopic (exact) mass is 398 g/mol. The Kier molecular flexibility index (Phi) is 8.30. The van der Waals surface area contributed by atoms with Crippen LogP contribution in [0.3, 0.4) is 0 Å². The van der Waals surface area contributed by atoms with Crippen LogP contribution in [0.4, 0.5) is 0 Å². The zero-order valence-electron chi connectivity index (χ0n) is 15.4. The highest BCUT2D eigenvalue weighted by Gasteiger charge is 2.22. The summed E-state index contributed by atoms with van der Waals surface area (Å²) in [5.41, 5.74) is 1.08. The molecular formula is C21H22N2O4S. The maximum absolute atomic E-state index is 12.7. The zero-order valence-corrected chi connectivity index (χ0v) is 16.2. The standard InChI is InChI=1S/C21H22N2O4S/c1-28-13-12-17(21(26)27)22-20(25)18(14-15-8-4-2-5-9-15)23-19(24)16-10-6-3-7-11-16/h2-11,14,17H,12-13H2,1H3,(H,22,25)(H,23,24)(H,26,27)/b18-14-/t17-/m0/s1. The van der Waals surface area contributed by atoms with Crippen molar-refractivity contribution in [3.8, 4) is 0 Å². The first kappa shape index (κ1) is 21.2. The summed E-state index contributed by atoms with van der Waals surface area (Å²) in [6.07, 6.45) is 3.67. The first-order valence-corrected chi connectivity index (χ1v) is 10.1. The van der Waals surface area contributed by atoms with Crippen molar-refractivity contribution in [3.63, 3.8) is 0 Å². The highest BCUT2D eigenvalue weighted by Crippen LogP contribution is 2.08. The van der Waals surface area contributed by atoms with Crippen LogP contribution < -0.4 is 10.6 Å². The van der Waals surface area contributed by atoms with Gasteiger partial charge in [-0.15, -0.1) is 0 Å². The molecule has 28 heavy (non-hydrogen) atoms. The molecule has 0 heterocycles. The molecule has 0 aliphatic heterocycles. The van der Waals surface area contributed by atoms with E-state index in [2.05, 4.69) is 10.6 Å². The fraction of sp³-hybridized carbons (Fsp3) is 0.190. The highest BCUT2D eigenvalue weighted by atomic mass is 32.2. The van der Waals surface area contributed by atoms with Crippen molar-refractivity contribution < 1.29 is 19.5 Å². The number of amides is 2. The third-order valence-corrected chi connectivity index (χ3v) is 4.50. The smallest absolute Gasteiger partial charge is 0.326 e. The van der Waals surface area contributed by atoms with E-state index in [-0.39, 0.29) is 12.1 Å². The predicted octanol–water partition coefficient (Wildman–Crippen LogP) is 2.78. The number of rotatable bonds is 9. The molecule has 0 saturated heterocycles.